The molecule has 0 aromatic heterocycles. The number of nitrogens with two attached hydrogens (primary N) is 1. The van der Waals surface area contributed by atoms with E-state index in [9.17, 15) is 14.7 Å². The van der Waals surface area contributed by atoms with Gasteiger partial charge < -0.3 is 16.2 Å². The van der Waals surface area contributed by atoms with Crippen molar-refractivity contribution in [3.05, 3.63) is 35.9 Å². The van der Waals surface area contributed by atoms with Crippen LogP contribution in [0.4, 0.5) is 0 Å². The van der Waals surface area contributed by atoms with Gasteiger partial charge in [-0.3, -0.25) is 14.5 Å². The molecule has 2 atom stereocenters. The standard InChI is InChI=1S/C15H21N3O3/c16-15(21)13-8-12(19)9-18(13)10-14(20)17-7-6-11-4-2-1-3-5-11/h1-5,12-13,19H,6-10H2,(H2,16,21)(H,17,20)/t12-,13-/m1/s1. The molecule has 1 heterocycles. The Bertz CT molecular complexity index is 492. The van der Waals surface area contributed by atoms with Crippen molar-refractivity contribution in [2.75, 3.05) is 19.6 Å². The first-order valence-electron chi connectivity index (χ1n) is 7.08. The third kappa shape index (κ3) is 4.54. The lowest BCUT2D eigenvalue weighted by atomic mass is 10.1. The summed E-state index contributed by atoms with van der Waals surface area (Å²) in [5.41, 5.74) is 6.44. The number of rotatable bonds is 6. The lowest BCUT2D eigenvalue weighted by molar-refractivity contribution is -0.125. The average molecular weight is 291 g/mol. The topological polar surface area (TPSA) is 95.7 Å². The summed E-state index contributed by atoms with van der Waals surface area (Å²) < 4.78 is 0. The predicted molar refractivity (Wildman–Crippen MR) is 78.3 cm³/mol. The number of hydrogen-bond acceptors (Lipinski definition) is 4. The minimum absolute atomic E-state index is 0.0828. The Morgan fingerprint density at radius 3 is 2.71 bits per heavy atom. The summed E-state index contributed by atoms with van der Waals surface area (Å²) in [6.07, 6.45) is 0.459. The molecular formula is C15H21N3O3. The van der Waals surface area contributed by atoms with Crippen LogP contribution in [0.15, 0.2) is 30.3 Å². The molecule has 6 heteroatoms. The fraction of sp³-hybridized carbons (Fsp3) is 0.467. The van der Waals surface area contributed by atoms with E-state index in [-0.39, 0.29) is 12.5 Å². The number of hydrogen-bond donors (Lipinski definition) is 3. The largest absolute Gasteiger partial charge is 0.392 e. The molecule has 0 unspecified atom stereocenters. The fourth-order valence-electron chi connectivity index (χ4n) is 2.58. The zero-order valence-corrected chi connectivity index (χ0v) is 11.9. The smallest absolute Gasteiger partial charge is 0.234 e. The molecule has 0 bridgehead atoms. The highest BCUT2D eigenvalue weighted by atomic mass is 16.3. The first kappa shape index (κ1) is 15.5. The summed E-state index contributed by atoms with van der Waals surface area (Å²) in [7, 11) is 0. The maximum absolute atomic E-state index is 11.9. The molecule has 0 aliphatic carbocycles. The van der Waals surface area contributed by atoms with E-state index in [0.29, 0.717) is 19.5 Å². The Morgan fingerprint density at radius 1 is 1.33 bits per heavy atom. The van der Waals surface area contributed by atoms with Gasteiger partial charge in [-0.1, -0.05) is 30.3 Å². The Morgan fingerprint density at radius 2 is 2.05 bits per heavy atom. The van der Waals surface area contributed by atoms with Crippen molar-refractivity contribution < 1.29 is 14.7 Å². The minimum atomic E-state index is -0.598. The molecule has 21 heavy (non-hydrogen) atoms. The molecule has 0 radical (unpaired) electrons. The van der Waals surface area contributed by atoms with Gasteiger partial charge in [-0.05, 0) is 18.4 Å². The quantitative estimate of drug-likeness (QED) is 0.643. The van der Waals surface area contributed by atoms with E-state index in [2.05, 4.69) is 5.32 Å². The van der Waals surface area contributed by atoms with Gasteiger partial charge in [0.25, 0.3) is 0 Å². The predicted octanol–water partition coefficient (Wildman–Crippen LogP) is -0.734. The van der Waals surface area contributed by atoms with Gasteiger partial charge in [0, 0.05) is 13.1 Å². The monoisotopic (exact) mass is 291 g/mol. The van der Waals surface area contributed by atoms with Gasteiger partial charge in [-0.15, -0.1) is 0 Å². The molecule has 1 aromatic rings. The summed E-state index contributed by atoms with van der Waals surface area (Å²) in [4.78, 5) is 24.8. The van der Waals surface area contributed by atoms with Crippen molar-refractivity contribution in [2.24, 2.45) is 5.73 Å². The van der Waals surface area contributed by atoms with Crippen molar-refractivity contribution >= 4 is 11.8 Å². The van der Waals surface area contributed by atoms with Crippen molar-refractivity contribution in [1.82, 2.24) is 10.2 Å². The van der Waals surface area contributed by atoms with Crippen LogP contribution in [0.2, 0.25) is 0 Å². The highest BCUT2D eigenvalue weighted by Crippen LogP contribution is 2.16. The number of nitrogens with one attached hydrogen (secondary N) is 1. The minimum Gasteiger partial charge on any atom is -0.392 e. The van der Waals surface area contributed by atoms with Crippen LogP contribution in [0.25, 0.3) is 0 Å². The van der Waals surface area contributed by atoms with E-state index < -0.39 is 18.1 Å². The summed E-state index contributed by atoms with van der Waals surface area (Å²) >= 11 is 0. The number of β-amino-alcohol motifs (C(OH)–C–C–N with tert-alkyl or cyclic N) is 1. The maximum atomic E-state index is 11.9. The third-order valence-electron chi connectivity index (χ3n) is 3.64. The number of nitrogens with zero attached hydrogens (tertiary/aromatic N) is 1. The van der Waals surface area contributed by atoms with Crippen LogP contribution in [0, 0.1) is 0 Å². The Kier molecular flexibility index (Phi) is 5.30. The molecule has 1 aliphatic heterocycles. The van der Waals surface area contributed by atoms with Crippen LogP contribution >= 0.6 is 0 Å². The lowest BCUT2D eigenvalue weighted by Gasteiger charge is -2.20. The summed E-state index contributed by atoms with van der Waals surface area (Å²) in [5.74, 6) is -0.657. The van der Waals surface area contributed by atoms with Gasteiger partial charge >= 0.3 is 0 Å². The van der Waals surface area contributed by atoms with Crippen molar-refractivity contribution in [1.29, 1.82) is 0 Å². The van der Waals surface area contributed by atoms with Gasteiger partial charge in [0.15, 0.2) is 0 Å². The number of aliphatic hydroxyl groups is 1. The van der Waals surface area contributed by atoms with Crippen molar-refractivity contribution in [3.63, 3.8) is 0 Å². The molecule has 1 aliphatic rings. The maximum Gasteiger partial charge on any atom is 0.234 e. The number of likely N-dealkylation sites (tertiary alicyclic amines) is 1. The molecule has 0 saturated carbocycles. The van der Waals surface area contributed by atoms with E-state index in [0.717, 1.165) is 12.0 Å². The number of carbonyl (C=O) groups excluding carboxylic acids is 2. The summed E-state index contributed by atoms with van der Waals surface area (Å²) in [6, 6.07) is 9.32. The second kappa shape index (κ2) is 7.19. The van der Waals surface area contributed by atoms with Crippen LogP contribution < -0.4 is 11.1 Å². The first-order chi connectivity index (χ1) is 10.1. The van der Waals surface area contributed by atoms with Crippen LogP contribution in [-0.4, -0.2) is 53.6 Å². The average Bonchev–Trinajstić information content (AvgIpc) is 2.81. The first-order valence-corrected chi connectivity index (χ1v) is 7.08. The Balaban J connectivity index is 1.75. The van der Waals surface area contributed by atoms with Gasteiger partial charge in [-0.2, -0.15) is 0 Å². The van der Waals surface area contributed by atoms with Crippen LogP contribution in [-0.2, 0) is 16.0 Å². The van der Waals surface area contributed by atoms with Crippen LogP contribution in [0.3, 0.4) is 0 Å². The summed E-state index contributed by atoms with van der Waals surface area (Å²) in [6.45, 7) is 0.930. The number of primary amides is 1. The fourth-order valence-corrected chi connectivity index (χ4v) is 2.58. The molecule has 2 amide bonds. The zero-order valence-electron chi connectivity index (χ0n) is 11.9. The lowest BCUT2D eigenvalue weighted by Crippen LogP contribution is -2.45. The van der Waals surface area contributed by atoms with E-state index in [4.69, 9.17) is 5.73 Å². The number of aliphatic hydroxyl groups excluding tert-OH is 1. The molecular weight excluding hydrogens is 270 g/mol. The highest BCUT2D eigenvalue weighted by molar-refractivity contribution is 5.82. The van der Waals surface area contributed by atoms with E-state index in [1.807, 2.05) is 30.3 Å². The number of carbonyl (C=O) groups is 2. The van der Waals surface area contributed by atoms with Gasteiger partial charge in [-0.25, -0.2) is 0 Å². The Labute approximate surface area is 123 Å². The van der Waals surface area contributed by atoms with Crippen LogP contribution in [0.1, 0.15) is 12.0 Å². The normalized spacial score (nSPS) is 22.1. The van der Waals surface area contributed by atoms with Gasteiger partial charge in [0.2, 0.25) is 11.8 Å². The molecule has 1 fully saturated rings. The molecule has 1 saturated heterocycles. The van der Waals surface area contributed by atoms with E-state index >= 15 is 0 Å². The van der Waals surface area contributed by atoms with Crippen molar-refractivity contribution in [3.8, 4) is 0 Å². The van der Waals surface area contributed by atoms with Crippen molar-refractivity contribution in [2.45, 2.75) is 25.0 Å². The highest BCUT2D eigenvalue weighted by Gasteiger charge is 2.35. The SMILES string of the molecule is NC(=O)[C@H]1C[C@@H](O)CN1CC(=O)NCCc1ccccc1. The number of benzene rings is 1. The molecule has 0 spiro atoms. The second-order valence-electron chi connectivity index (χ2n) is 5.32. The number of amides is 2. The summed E-state index contributed by atoms with van der Waals surface area (Å²) in [5, 5.41) is 12.4. The molecule has 2 rings (SSSR count). The second-order valence-corrected chi connectivity index (χ2v) is 5.32. The zero-order chi connectivity index (χ0) is 15.2. The van der Waals surface area contributed by atoms with E-state index in [1.54, 1.807) is 4.90 Å². The van der Waals surface area contributed by atoms with Crippen LogP contribution in [0.5, 0.6) is 0 Å². The molecule has 4 N–H and O–H groups in total. The molecule has 1 aromatic carbocycles. The molecule has 6 nitrogen and oxygen atoms in total. The van der Waals surface area contributed by atoms with E-state index in [1.165, 1.54) is 0 Å². The van der Waals surface area contributed by atoms with Gasteiger partial charge in [0.1, 0.15) is 0 Å². The third-order valence-corrected chi connectivity index (χ3v) is 3.64. The Hall–Kier alpha value is -1.92. The van der Waals surface area contributed by atoms with Gasteiger partial charge in [0.05, 0.1) is 18.7 Å². The molecule has 114 valence electrons.